The molecule has 1 aromatic rings. The Hall–Kier alpha value is -0.540. The molecule has 0 N–H and O–H groups in total. The first-order valence-corrected chi connectivity index (χ1v) is 8.06. The Labute approximate surface area is 120 Å². The number of hydrogen-bond donors (Lipinski definition) is 0. The van der Waals surface area contributed by atoms with Crippen LogP contribution in [0, 0.1) is 5.92 Å². The number of likely N-dealkylation sites (tertiary alicyclic amines) is 1. The lowest BCUT2D eigenvalue weighted by Gasteiger charge is -2.33. The van der Waals surface area contributed by atoms with Crippen molar-refractivity contribution in [3.63, 3.8) is 0 Å². The fourth-order valence-corrected chi connectivity index (χ4v) is 3.61. The van der Waals surface area contributed by atoms with E-state index in [0.29, 0.717) is 17.3 Å². The molecule has 3 nitrogen and oxygen atoms in total. The van der Waals surface area contributed by atoms with E-state index in [1.165, 1.54) is 37.8 Å². The third kappa shape index (κ3) is 3.14. The van der Waals surface area contributed by atoms with Crippen LogP contribution in [0.3, 0.4) is 0 Å². The molecule has 0 aromatic carbocycles. The highest BCUT2D eigenvalue weighted by Gasteiger charge is 2.25. The first-order valence-electron chi connectivity index (χ1n) is 7.63. The smallest absolute Gasteiger partial charge is 0.0764 e. The lowest BCUT2D eigenvalue weighted by molar-refractivity contribution is 0.187. The summed E-state index contributed by atoms with van der Waals surface area (Å²) in [7, 11) is 0. The molecule has 2 unspecified atom stereocenters. The van der Waals surface area contributed by atoms with Gasteiger partial charge in [0, 0.05) is 24.7 Å². The third-order valence-electron chi connectivity index (χ3n) is 4.70. The van der Waals surface area contributed by atoms with Crippen LogP contribution in [0.15, 0.2) is 12.3 Å². The Balaban J connectivity index is 1.58. The number of aromatic nitrogens is 2. The van der Waals surface area contributed by atoms with Crippen LogP contribution in [-0.2, 0) is 6.54 Å². The highest BCUT2D eigenvalue weighted by atomic mass is 35.5. The van der Waals surface area contributed by atoms with Crippen molar-refractivity contribution >= 4 is 11.6 Å². The Morgan fingerprint density at radius 2 is 2.11 bits per heavy atom. The van der Waals surface area contributed by atoms with Gasteiger partial charge in [0.05, 0.1) is 11.7 Å². The highest BCUT2D eigenvalue weighted by Crippen LogP contribution is 2.29. The van der Waals surface area contributed by atoms with E-state index in [2.05, 4.69) is 28.8 Å². The highest BCUT2D eigenvalue weighted by molar-refractivity contribution is 6.21. The van der Waals surface area contributed by atoms with Crippen LogP contribution in [0.4, 0.5) is 0 Å². The summed E-state index contributed by atoms with van der Waals surface area (Å²) in [6.07, 6.45) is 8.68. The number of rotatable bonds is 3. The minimum absolute atomic E-state index is 0.297. The summed E-state index contributed by atoms with van der Waals surface area (Å²) in [6, 6.07) is 2.83. The maximum Gasteiger partial charge on any atom is 0.0764 e. The van der Waals surface area contributed by atoms with Gasteiger partial charge in [0.2, 0.25) is 0 Å². The molecule has 1 aliphatic carbocycles. The predicted octanol–water partition coefficient (Wildman–Crippen LogP) is 3.45. The van der Waals surface area contributed by atoms with Crippen molar-refractivity contribution < 1.29 is 0 Å². The van der Waals surface area contributed by atoms with Crippen molar-refractivity contribution in [2.75, 3.05) is 13.1 Å². The normalized spacial score (nSPS) is 30.0. The number of nitrogens with zero attached hydrogens (tertiary/aromatic N) is 3. The summed E-state index contributed by atoms with van der Waals surface area (Å²) in [5.74, 6) is 0.647. The second-order valence-corrected chi connectivity index (χ2v) is 6.80. The molecule has 1 saturated heterocycles. The molecular formula is C15H24ClN3. The van der Waals surface area contributed by atoms with Crippen molar-refractivity contribution in [1.82, 2.24) is 14.7 Å². The van der Waals surface area contributed by atoms with Crippen molar-refractivity contribution in [3.05, 3.63) is 18.0 Å². The molecule has 2 atom stereocenters. The van der Waals surface area contributed by atoms with Gasteiger partial charge in [-0.2, -0.15) is 5.10 Å². The van der Waals surface area contributed by atoms with Gasteiger partial charge in [-0.1, -0.05) is 19.8 Å². The maximum atomic E-state index is 6.37. The molecule has 4 heteroatoms. The second kappa shape index (κ2) is 5.84. The van der Waals surface area contributed by atoms with E-state index in [4.69, 9.17) is 16.7 Å². The van der Waals surface area contributed by atoms with Gasteiger partial charge in [-0.3, -0.25) is 9.58 Å². The van der Waals surface area contributed by atoms with Crippen LogP contribution in [0.1, 0.15) is 50.8 Å². The Morgan fingerprint density at radius 1 is 1.32 bits per heavy atom. The average molecular weight is 282 g/mol. The second-order valence-electron chi connectivity index (χ2n) is 6.24. The molecule has 2 fully saturated rings. The zero-order valence-corrected chi connectivity index (χ0v) is 12.5. The summed E-state index contributed by atoms with van der Waals surface area (Å²) in [5, 5.41) is 5.06. The summed E-state index contributed by atoms with van der Waals surface area (Å²) in [6.45, 7) is 5.36. The SMILES string of the molecule is CC1CCN(Cc2ccn(C3CCCC3)n2)CC1Cl. The summed E-state index contributed by atoms with van der Waals surface area (Å²) < 4.78 is 2.19. The van der Waals surface area contributed by atoms with Crippen molar-refractivity contribution in [2.45, 2.75) is 57.0 Å². The first-order chi connectivity index (χ1) is 9.22. The topological polar surface area (TPSA) is 21.1 Å². The quantitative estimate of drug-likeness (QED) is 0.792. The molecule has 106 valence electrons. The standard InChI is InChI=1S/C15H24ClN3/c1-12-6-8-18(11-15(12)16)10-13-7-9-19(17-13)14-4-2-3-5-14/h7,9,12,14-15H,2-6,8,10-11H2,1H3. The fraction of sp³-hybridized carbons (Fsp3) is 0.800. The van der Waals surface area contributed by atoms with Gasteiger partial charge >= 0.3 is 0 Å². The van der Waals surface area contributed by atoms with Crippen molar-refractivity contribution in [3.8, 4) is 0 Å². The molecule has 0 bridgehead atoms. The van der Waals surface area contributed by atoms with Crippen molar-refractivity contribution in [2.24, 2.45) is 5.92 Å². The number of halogens is 1. The first kappa shape index (κ1) is 13.4. The van der Waals surface area contributed by atoms with E-state index >= 15 is 0 Å². The Morgan fingerprint density at radius 3 is 2.84 bits per heavy atom. The third-order valence-corrected chi connectivity index (χ3v) is 5.27. The lowest BCUT2D eigenvalue weighted by Crippen LogP contribution is -2.39. The number of piperidine rings is 1. The molecule has 1 aromatic heterocycles. The molecule has 3 rings (SSSR count). The minimum atomic E-state index is 0.297. The Bertz CT molecular complexity index is 411. The fourth-order valence-electron chi connectivity index (χ4n) is 3.29. The van der Waals surface area contributed by atoms with Gasteiger partial charge in [0.1, 0.15) is 0 Å². The van der Waals surface area contributed by atoms with E-state index in [9.17, 15) is 0 Å². The Kier molecular flexibility index (Phi) is 4.13. The predicted molar refractivity (Wildman–Crippen MR) is 78.4 cm³/mol. The molecule has 0 spiro atoms. The largest absolute Gasteiger partial charge is 0.296 e. The lowest BCUT2D eigenvalue weighted by atomic mass is 9.98. The molecule has 19 heavy (non-hydrogen) atoms. The summed E-state index contributed by atoms with van der Waals surface area (Å²) >= 11 is 6.37. The van der Waals surface area contributed by atoms with Crippen LogP contribution in [0.2, 0.25) is 0 Å². The average Bonchev–Trinajstić information content (AvgIpc) is 3.04. The number of hydrogen-bond acceptors (Lipinski definition) is 2. The van der Waals surface area contributed by atoms with Crippen LogP contribution < -0.4 is 0 Å². The van der Waals surface area contributed by atoms with Gasteiger partial charge in [-0.05, 0) is 37.8 Å². The van der Waals surface area contributed by atoms with Gasteiger partial charge in [0.15, 0.2) is 0 Å². The molecule has 1 saturated carbocycles. The molecule has 2 heterocycles. The van der Waals surface area contributed by atoms with E-state index in [1.54, 1.807) is 0 Å². The summed E-state index contributed by atoms with van der Waals surface area (Å²) in [4.78, 5) is 2.44. The van der Waals surface area contributed by atoms with E-state index in [-0.39, 0.29) is 0 Å². The molecule has 1 aliphatic heterocycles. The van der Waals surface area contributed by atoms with Crippen LogP contribution in [0.5, 0.6) is 0 Å². The van der Waals surface area contributed by atoms with Crippen LogP contribution in [0.25, 0.3) is 0 Å². The molecular weight excluding hydrogens is 258 g/mol. The molecule has 2 aliphatic rings. The van der Waals surface area contributed by atoms with E-state index in [0.717, 1.165) is 19.6 Å². The zero-order chi connectivity index (χ0) is 13.2. The van der Waals surface area contributed by atoms with Gasteiger partial charge in [0.25, 0.3) is 0 Å². The van der Waals surface area contributed by atoms with Gasteiger partial charge < -0.3 is 0 Å². The monoisotopic (exact) mass is 281 g/mol. The molecule has 0 amide bonds. The van der Waals surface area contributed by atoms with Crippen LogP contribution >= 0.6 is 11.6 Å². The summed E-state index contributed by atoms with van der Waals surface area (Å²) in [5.41, 5.74) is 1.20. The van der Waals surface area contributed by atoms with Crippen LogP contribution in [-0.4, -0.2) is 33.1 Å². The molecule has 0 radical (unpaired) electrons. The van der Waals surface area contributed by atoms with Gasteiger partial charge in [-0.15, -0.1) is 11.6 Å². The van der Waals surface area contributed by atoms with E-state index in [1.807, 2.05) is 0 Å². The minimum Gasteiger partial charge on any atom is -0.296 e. The van der Waals surface area contributed by atoms with Gasteiger partial charge in [-0.25, -0.2) is 0 Å². The zero-order valence-electron chi connectivity index (χ0n) is 11.8. The van der Waals surface area contributed by atoms with Crippen molar-refractivity contribution in [1.29, 1.82) is 0 Å². The number of alkyl halides is 1. The maximum absolute atomic E-state index is 6.37. The van der Waals surface area contributed by atoms with E-state index < -0.39 is 0 Å².